The van der Waals surface area contributed by atoms with Crippen LogP contribution < -0.4 is 0 Å². The van der Waals surface area contributed by atoms with Crippen molar-refractivity contribution in [2.24, 2.45) is 11.8 Å². The van der Waals surface area contributed by atoms with Crippen LogP contribution in [-0.4, -0.2) is 36.9 Å². The number of nitrogens with zero attached hydrogens (tertiary/aromatic N) is 1. The van der Waals surface area contributed by atoms with Crippen LogP contribution in [0.5, 0.6) is 0 Å². The third-order valence-corrected chi connectivity index (χ3v) is 5.56. The Kier molecular flexibility index (Phi) is 4.22. The van der Waals surface area contributed by atoms with E-state index in [4.69, 9.17) is 5.11 Å². The molecular formula is C13H14F3NO4S. The van der Waals surface area contributed by atoms with Crippen molar-refractivity contribution in [1.82, 2.24) is 4.31 Å². The molecule has 2 rings (SSSR count). The summed E-state index contributed by atoms with van der Waals surface area (Å²) < 4.78 is 63.2. The van der Waals surface area contributed by atoms with Crippen molar-refractivity contribution < 1.29 is 31.5 Å². The molecule has 1 aliphatic heterocycles. The van der Waals surface area contributed by atoms with Crippen LogP contribution in [0.3, 0.4) is 0 Å². The van der Waals surface area contributed by atoms with Gasteiger partial charge in [-0.3, -0.25) is 4.79 Å². The Hall–Kier alpha value is -1.61. The molecule has 1 fully saturated rings. The van der Waals surface area contributed by atoms with Gasteiger partial charge < -0.3 is 5.11 Å². The first-order valence-electron chi connectivity index (χ1n) is 6.43. The molecule has 22 heavy (non-hydrogen) atoms. The zero-order chi connectivity index (χ0) is 16.7. The molecule has 1 heterocycles. The number of carboxylic acid groups (broad SMARTS) is 1. The molecular weight excluding hydrogens is 323 g/mol. The number of halogens is 3. The van der Waals surface area contributed by atoms with Crippen molar-refractivity contribution in [1.29, 1.82) is 0 Å². The van der Waals surface area contributed by atoms with E-state index in [0.717, 1.165) is 16.4 Å². The maximum Gasteiger partial charge on any atom is 0.416 e. The molecule has 0 radical (unpaired) electrons. The summed E-state index contributed by atoms with van der Waals surface area (Å²) in [6, 6.07) is 3.16. The van der Waals surface area contributed by atoms with Gasteiger partial charge in [-0.25, -0.2) is 8.42 Å². The van der Waals surface area contributed by atoms with Gasteiger partial charge in [0.15, 0.2) is 0 Å². The highest BCUT2D eigenvalue weighted by molar-refractivity contribution is 7.89. The smallest absolute Gasteiger partial charge is 0.416 e. The molecule has 2 atom stereocenters. The summed E-state index contributed by atoms with van der Waals surface area (Å²) in [7, 11) is -4.00. The highest BCUT2D eigenvalue weighted by Crippen LogP contribution is 2.32. The van der Waals surface area contributed by atoms with Crippen LogP contribution in [0.4, 0.5) is 13.2 Å². The molecule has 0 aromatic heterocycles. The van der Waals surface area contributed by atoms with Gasteiger partial charge in [-0.2, -0.15) is 17.5 Å². The second-order valence-electron chi connectivity index (χ2n) is 5.27. The molecule has 1 saturated heterocycles. The van der Waals surface area contributed by atoms with Crippen LogP contribution >= 0.6 is 0 Å². The van der Waals surface area contributed by atoms with Crippen LogP contribution in [0.1, 0.15) is 12.5 Å². The van der Waals surface area contributed by atoms with Gasteiger partial charge in [0.25, 0.3) is 0 Å². The summed E-state index contributed by atoms with van der Waals surface area (Å²) in [4.78, 5) is 10.8. The fraction of sp³-hybridized carbons (Fsp3) is 0.462. The number of hydrogen-bond acceptors (Lipinski definition) is 3. The molecule has 1 aliphatic rings. The second-order valence-corrected chi connectivity index (χ2v) is 7.20. The Morgan fingerprint density at radius 1 is 1.23 bits per heavy atom. The van der Waals surface area contributed by atoms with E-state index in [1.807, 2.05) is 0 Å². The van der Waals surface area contributed by atoms with Crippen molar-refractivity contribution in [3.63, 3.8) is 0 Å². The zero-order valence-corrected chi connectivity index (χ0v) is 12.4. The first-order chi connectivity index (χ1) is 10.0. The SMILES string of the molecule is C[C@@H]1CN(S(=O)(=O)c2ccc(C(F)(F)F)cc2)C[C@H]1C(=O)O. The normalized spacial score (nSPS) is 23.6. The molecule has 5 nitrogen and oxygen atoms in total. The van der Waals surface area contributed by atoms with Crippen molar-refractivity contribution in [2.75, 3.05) is 13.1 Å². The van der Waals surface area contributed by atoms with E-state index in [1.54, 1.807) is 6.92 Å². The van der Waals surface area contributed by atoms with E-state index in [0.29, 0.717) is 12.1 Å². The first-order valence-corrected chi connectivity index (χ1v) is 7.87. The fourth-order valence-corrected chi connectivity index (χ4v) is 3.97. The lowest BCUT2D eigenvalue weighted by atomic mass is 9.99. The average molecular weight is 337 g/mol. The van der Waals surface area contributed by atoms with Gasteiger partial charge >= 0.3 is 12.1 Å². The number of hydrogen-bond donors (Lipinski definition) is 1. The fourth-order valence-electron chi connectivity index (χ4n) is 2.41. The van der Waals surface area contributed by atoms with Crippen LogP contribution in [0.2, 0.25) is 0 Å². The molecule has 0 spiro atoms. The Balaban J connectivity index is 2.26. The van der Waals surface area contributed by atoms with Gasteiger partial charge in [-0.15, -0.1) is 0 Å². The van der Waals surface area contributed by atoms with Gasteiger partial charge in [-0.1, -0.05) is 6.92 Å². The Labute approximate surface area is 125 Å². The standard InChI is InChI=1S/C13H14F3NO4S/c1-8-6-17(7-11(8)12(18)19)22(20,21)10-4-2-9(3-5-10)13(14,15)16/h2-5,8,11H,6-7H2,1H3,(H,18,19)/t8-,11-/m1/s1. The quantitative estimate of drug-likeness (QED) is 0.916. The molecule has 9 heteroatoms. The van der Waals surface area contributed by atoms with Crippen molar-refractivity contribution in [3.05, 3.63) is 29.8 Å². The third kappa shape index (κ3) is 3.09. The zero-order valence-electron chi connectivity index (χ0n) is 11.5. The molecule has 1 N–H and O–H groups in total. The molecule has 0 amide bonds. The highest BCUT2D eigenvalue weighted by atomic mass is 32.2. The summed E-state index contributed by atoms with van der Waals surface area (Å²) >= 11 is 0. The summed E-state index contributed by atoms with van der Waals surface area (Å²) in [6.07, 6.45) is -4.54. The number of carboxylic acids is 1. The van der Waals surface area contributed by atoms with Crippen molar-refractivity contribution in [3.8, 4) is 0 Å². The number of carbonyl (C=O) groups is 1. The van der Waals surface area contributed by atoms with Gasteiger partial charge in [0, 0.05) is 13.1 Å². The van der Waals surface area contributed by atoms with Gasteiger partial charge in [0.05, 0.1) is 16.4 Å². The molecule has 0 saturated carbocycles. The van der Waals surface area contributed by atoms with Gasteiger partial charge in [0.2, 0.25) is 10.0 Å². The second kappa shape index (κ2) is 5.54. The number of sulfonamides is 1. The first kappa shape index (κ1) is 16.8. The monoisotopic (exact) mass is 337 g/mol. The van der Waals surface area contributed by atoms with E-state index in [2.05, 4.69) is 0 Å². The van der Waals surface area contributed by atoms with E-state index in [9.17, 15) is 26.4 Å². The van der Waals surface area contributed by atoms with Gasteiger partial charge in [-0.05, 0) is 30.2 Å². The maximum atomic E-state index is 12.5. The third-order valence-electron chi connectivity index (χ3n) is 3.72. The van der Waals surface area contributed by atoms with E-state index in [-0.39, 0.29) is 23.9 Å². The average Bonchev–Trinajstić information content (AvgIpc) is 2.81. The summed E-state index contributed by atoms with van der Waals surface area (Å²) in [5.74, 6) is -2.26. The Morgan fingerprint density at radius 2 is 1.77 bits per heavy atom. The molecule has 0 aliphatic carbocycles. The van der Waals surface area contributed by atoms with Crippen LogP contribution in [0, 0.1) is 11.8 Å². The molecule has 122 valence electrons. The van der Waals surface area contributed by atoms with E-state index in [1.165, 1.54) is 0 Å². The number of aliphatic carboxylic acids is 1. The number of benzene rings is 1. The topological polar surface area (TPSA) is 74.7 Å². The maximum absolute atomic E-state index is 12.5. The largest absolute Gasteiger partial charge is 0.481 e. The summed E-state index contributed by atoms with van der Waals surface area (Å²) in [5.41, 5.74) is -0.940. The lowest BCUT2D eigenvalue weighted by Gasteiger charge is -2.16. The molecule has 0 unspecified atom stereocenters. The highest BCUT2D eigenvalue weighted by Gasteiger charge is 2.41. The molecule has 1 aromatic rings. The Morgan fingerprint density at radius 3 is 2.18 bits per heavy atom. The van der Waals surface area contributed by atoms with E-state index < -0.39 is 33.7 Å². The van der Waals surface area contributed by atoms with Crippen LogP contribution in [0.25, 0.3) is 0 Å². The molecule has 0 bridgehead atoms. The van der Waals surface area contributed by atoms with Crippen LogP contribution in [-0.2, 0) is 21.0 Å². The minimum absolute atomic E-state index is 0.0281. The predicted octanol–water partition coefficient (Wildman–Crippen LogP) is 2.05. The minimum Gasteiger partial charge on any atom is -0.481 e. The summed E-state index contributed by atoms with van der Waals surface area (Å²) in [6.45, 7) is 1.47. The van der Waals surface area contributed by atoms with Gasteiger partial charge in [0.1, 0.15) is 0 Å². The minimum atomic E-state index is -4.54. The predicted molar refractivity (Wildman–Crippen MR) is 70.5 cm³/mol. The summed E-state index contributed by atoms with van der Waals surface area (Å²) in [5, 5.41) is 9.02. The van der Waals surface area contributed by atoms with Crippen molar-refractivity contribution >= 4 is 16.0 Å². The van der Waals surface area contributed by atoms with E-state index >= 15 is 0 Å². The lowest BCUT2D eigenvalue weighted by molar-refractivity contribution is -0.142. The number of rotatable bonds is 3. The number of alkyl halides is 3. The van der Waals surface area contributed by atoms with Crippen molar-refractivity contribution in [2.45, 2.75) is 18.0 Å². The molecule has 1 aromatic carbocycles. The van der Waals surface area contributed by atoms with Crippen LogP contribution in [0.15, 0.2) is 29.2 Å². The lowest BCUT2D eigenvalue weighted by Crippen LogP contribution is -2.30. The Bertz CT molecular complexity index is 670.